The van der Waals surface area contributed by atoms with E-state index in [0.717, 1.165) is 6.07 Å². The van der Waals surface area contributed by atoms with Crippen LogP contribution in [0.1, 0.15) is 17.5 Å². The normalized spacial score (nSPS) is 11.9. The Morgan fingerprint density at radius 3 is 2.48 bits per heavy atom. The van der Waals surface area contributed by atoms with Crippen LogP contribution in [0.5, 0.6) is 0 Å². The number of nitro benzene ring substituents is 1. The molecule has 118 valence electrons. The molecule has 0 radical (unpaired) electrons. The largest absolute Gasteiger partial charge is 0.320 e. The Bertz CT molecular complexity index is 629. The second-order valence-electron chi connectivity index (χ2n) is 4.93. The van der Waals surface area contributed by atoms with E-state index in [9.17, 15) is 18.5 Å². The van der Waals surface area contributed by atoms with Crippen LogP contribution in [0.2, 0.25) is 0 Å². The number of hydrogen-bond donors (Lipinski definition) is 1. The summed E-state index contributed by atoms with van der Waals surface area (Å²) in [6, 6.07) is 2.52. The highest BCUT2D eigenvalue weighted by Crippen LogP contribution is 2.27. The number of aryl methyl sites for hydroxylation is 1. The van der Waals surface area contributed by atoms with Crippen LogP contribution >= 0.6 is 0 Å². The van der Waals surface area contributed by atoms with Gasteiger partial charge in [0.15, 0.2) is 0 Å². The molecule has 0 atom stereocenters. The highest BCUT2D eigenvalue weighted by Gasteiger charge is 2.26. The number of non-ortho nitro benzene ring substituents is 1. The lowest BCUT2D eigenvalue weighted by molar-refractivity contribution is -0.385. The first kappa shape index (κ1) is 17.5. The quantitative estimate of drug-likeness (QED) is 0.467. The zero-order chi connectivity index (χ0) is 16.2. The molecule has 0 bridgehead atoms. The fraction of sp³-hybridized carbons (Fsp3) is 0.538. The minimum Gasteiger partial charge on any atom is -0.320 e. The zero-order valence-corrected chi connectivity index (χ0v) is 13.5. The molecule has 0 saturated heterocycles. The van der Waals surface area contributed by atoms with Gasteiger partial charge in [0, 0.05) is 25.7 Å². The zero-order valence-electron chi connectivity index (χ0n) is 12.7. The van der Waals surface area contributed by atoms with Gasteiger partial charge in [-0.1, -0.05) is 0 Å². The Balaban J connectivity index is 3.21. The monoisotopic (exact) mass is 315 g/mol. The topological polar surface area (TPSA) is 92.6 Å². The van der Waals surface area contributed by atoms with Gasteiger partial charge in [-0.05, 0) is 45.0 Å². The van der Waals surface area contributed by atoms with E-state index in [1.54, 1.807) is 20.9 Å². The molecule has 21 heavy (non-hydrogen) atoms. The van der Waals surface area contributed by atoms with Crippen LogP contribution in [0.25, 0.3) is 0 Å². The minimum absolute atomic E-state index is 0.00107. The number of nitrogens with zero attached hydrogens (tertiary/aromatic N) is 2. The van der Waals surface area contributed by atoms with Crippen molar-refractivity contribution in [3.8, 4) is 0 Å². The van der Waals surface area contributed by atoms with Crippen molar-refractivity contribution < 1.29 is 13.3 Å². The number of hydrogen-bond acceptors (Lipinski definition) is 5. The maximum Gasteiger partial charge on any atom is 0.271 e. The molecule has 1 N–H and O–H groups in total. The van der Waals surface area contributed by atoms with Gasteiger partial charge in [-0.3, -0.25) is 10.1 Å². The maximum atomic E-state index is 12.6. The molecule has 0 aliphatic rings. The predicted molar refractivity (Wildman–Crippen MR) is 80.9 cm³/mol. The molecule has 0 aromatic heterocycles. The summed E-state index contributed by atoms with van der Waals surface area (Å²) in [7, 11) is -0.449. The molecule has 7 nitrogen and oxygen atoms in total. The van der Waals surface area contributed by atoms with Crippen LogP contribution in [-0.2, 0) is 10.0 Å². The second-order valence-corrected chi connectivity index (χ2v) is 6.94. The highest BCUT2D eigenvalue weighted by atomic mass is 32.2. The minimum atomic E-state index is -3.73. The molecule has 1 rings (SSSR count). The summed E-state index contributed by atoms with van der Waals surface area (Å²) in [5.74, 6) is 0. The van der Waals surface area contributed by atoms with Gasteiger partial charge >= 0.3 is 0 Å². The van der Waals surface area contributed by atoms with Crippen molar-refractivity contribution in [2.24, 2.45) is 0 Å². The second kappa shape index (κ2) is 6.97. The molecule has 0 spiro atoms. The van der Waals surface area contributed by atoms with E-state index in [1.165, 1.54) is 17.4 Å². The summed E-state index contributed by atoms with van der Waals surface area (Å²) < 4.78 is 26.3. The smallest absolute Gasteiger partial charge is 0.271 e. The van der Waals surface area contributed by atoms with Crippen LogP contribution in [0.4, 0.5) is 5.69 Å². The predicted octanol–water partition coefficient (Wildman–Crippen LogP) is 1.44. The molecule has 0 aliphatic heterocycles. The van der Waals surface area contributed by atoms with Crippen molar-refractivity contribution in [3.63, 3.8) is 0 Å². The fourth-order valence-corrected chi connectivity index (χ4v) is 3.47. The number of nitrogens with one attached hydrogen (secondary N) is 1. The summed E-state index contributed by atoms with van der Waals surface area (Å²) in [4.78, 5) is 10.3. The molecule has 0 heterocycles. The Morgan fingerprint density at radius 1 is 1.33 bits per heavy atom. The van der Waals surface area contributed by atoms with Crippen molar-refractivity contribution in [2.75, 3.05) is 27.2 Å². The average Bonchev–Trinajstić information content (AvgIpc) is 2.41. The summed E-state index contributed by atoms with van der Waals surface area (Å²) in [6.07, 6.45) is 0.666. The Labute approximate surface area is 125 Å². The van der Waals surface area contributed by atoms with Gasteiger partial charge in [0.05, 0.1) is 9.82 Å². The molecular formula is C13H21N3O4S. The first-order valence-corrected chi connectivity index (χ1v) is 8.02. The first-order chi connectivity index (χ1) is 9.71. The molecule has 0 amide bonds. The van der Waals surface area contributed by atoms with E-state index in [2.05, 4.69) is 5.32 Å². The molecular weight excluding hydrogens is 294 g/mol. The van der Waals surface area contributed by atoms with Crippen LogP contribution in [0.15, 0.2) is 17.0 Å². The first-order valence-electron chi connectivity index (χ1n) is 6.58. The van der Waals surface area contributed by atoms with E-state index in [-0.39, 0.29) is 10.6 Å². The maximum absolute atomic E-state index is 12.6. The average molecular weight is 315 g/mol. The Hall–Kier alpha value is -1.51. The van der Waals surface area contributed by atoms with Crippen LogP contribution < -0.4 is 5.32 Å². The van der Waals surface area contributed by atoms with Crippen LogP contribution in [0, 0.1) is 24.0 Å². The van der Waals surface area contributed by atoms with Gasteiger partial charge in [0.1, 0.15) is 0 Å². The molecule has 1 aromatic rings. The molecule has 1 aromatic carbocycles. The highest BCUT2D eigenvalue weighted by molar-refractivity contribution is 7.89. The SMILES string of the molecule is CNCCCN(C)S(=O)(=O)c1cc([N+](=O)[O-])cc(C)c1C. The van der Waals surface area contributed by atoms with Gasteiger partial charge < -0.3 is 5.32 Å². The summed E-state index contributed by atoms with van der Waals surface area (Å²) in [5.41, 5.74) is 0.924. The van der Waals surface area contributed by atoms with E-state index in [1.807, 2.05) is 0 Å². The van der Waals surface area contributed by atoms with Crippen molar-refractivity contribution in [1.82, 2.24) is 9.62 Å². The van der Waals surface area contributed by atoms with Crippen molar-refractivity contribution >= 4 is 15.7 Å². The standard InChI is InChI=1S/C13H21N3O4S/c1-10-8-12(16(17)18)9-13(11(10)2)21(19,20)15(4)7-5-6-14-3/h8-9,14H,5-7H2,1-4H3. The van der Waals surface area contributed by atoms with Crippen molar-refractivity contribution in [1.29, 1.82) is 0 Å². The lowest BCUT2D eigenvalue weighted by Crippen LogP contribution is -2.30. The van der Waals surface area contributed by atoms with Crippen molar-refractivity contribution in [3.05, 3.63) is 33.4 Å². The van der Waals surface area contributed by atoms with E-state index >= 15 is 0 Å². The molecule has 0 unspecified atom stereocenters. The lowest BCUT2D eigenvalue weighted by atomic mass is 10.1. The number of benzene rings is 1. The van der Waals surface area contributed by atoms with Crippen molar-refractivity contribution in [2.45, 2.75) is 25.2 Å². The summed E-state index contributed by atoms with van der Waals surface area (Å²) in [6.45, 7) is 4.38. The van der Waals surface area contributed by atoms with Crippen LogP contribution in [0.3, 0.4) is 0 Å². The third-order valence-corrected chi connectivity index (χ3v) is 5.39. The summed E-state index contributed by atoms with van der Waals surface area (Å²) in [5, 5.41) is 13.9. The van der Waals surface area contributed by atoms with Gasteiger partial charge in [0.2, 0.25) is 10.0 Å². The molecule has 0 fully saturated rings. The van der Waals surface area contributed by atoms with E-state index < -0.39 is 14.9 Å². The molecule has 0 aliphatic carbocycles. The number of nitro groups is 1. The van der Waals surface area contributed by atoms with Gasteiger partial charge in [0.25, 0.3) is 5.69 Å². The number of rotatable bonds is 7. The third kappa shape index (κ3) is 3.99. The fourth-order valence-electron chi connectivity index (χ4n) is 1.95. The summed E-state index contributed by atoms with van der Waals surface area (Å²) >= 11 is 0. The van der Waals surface area contributed by atoms with Gasteiger partial charge in [-0.2, -0.15) is 0 Å². The van der Waals surface area contributed by atoms with E-state index in [4.69, 9.17) is 0 Å². The Morgan fingerprint density at radius 2 is 1.95 bits per heavy atom. The number of sulfonamides is 1. The van der Waals surface area contributed by atoms with Gasteiger partial charge in [-0.25, -0.2) is 12.7 Å². The van der Waals surface area contributed by atoms with Crippen LogP contribution in [-0.4, -0.2) is 44.8 Å². The van der Waals surface area contributed by atoms with E-state index in [0.29, 0.717) is 30.6 Å². The molecule has 0 saturated carbocycles. The Kier molecular flexibility index (Phi) is 5.82. The third-order valence-electron chi connectivity index (χ3n) is 3.40. The van der Waals surface area contributed by atoms with Gasteiger partial charge in [-0.15, -0.1) is 0 Å². The lowest BCUT2D eigenvalue weighted by Gasteiger charge is -2.19. The molecule has 8 heteroatoms.